The fraction of sp³-hybridized carbons (Fsp3) is 0. The molecule has 0 aliphatic rings. The van der Waals surface area contributed by atoms with Crippen molar-refractivity contribution in [1.82, 2.24) is 0 Å². The van der Waals surface area contributed by atoms with Crippen molar-refractivity contribution < 1.29 is 4.92 Å². The molecule has 0 saturated heterocycles. The van der Waals surface area contributed by atoms with E-state index in [1.165, 1.54) is 0 Å². The second-order valence-corrected chi connectivity index (χ2v) is 5.73. The van der Waals surface area contributed by atoms with Crippen LogP contribution in [0.4, 0.5) is 5.69 Å². The molecular weight excluding hydrogens is 379 g/mol. The van der Waals surface area contributed by atoms with Gasteiger partial charge in [-0.15, -0.1) is 0 Å². The molecule has 0 amide bonds. The van der Waals surface area contributed by atoms with Gasteiger partial charge >= 0.3 is 0 Å². The second kappa shape index (κ2) is 5.32. The molecule has 19 heavy (non-hydrogen) atoms. The van der Waals surface area contributed by atoms with Crippen molar-refractivity contribution in [3.63, 3.8) is 0 Å². The van der Waals surface area contributed by atoms with Crippen molar-refractivity contribution in [3.05, 3.63) is 46.3 Å². The van der Waals surface area contributed by atoms with E-state index in [0.29, 0.717) is 0 Å². The SMILES string of the molecule is O=[N+]([O-])c1cc2c(Cl)c(Cl)c(Cl)c(Cl)c2c(Cl)c1Cl. The molecule has 0 radical (unpaired) electrons. The minimum absolute atomic E-state index is 0.00600. The Hall–Kier alpha value is -0.160. The lowest BCUT2D eigenvalue weighted by atomic mass is 10.1. The maximum Gasteiger partial charge on any atom is 0.290 e. The molecule has 3 nitrogen and oxygen atoms in total. The Morgan fingerprint density at radius 3 is 1.79 bits per heavy atom. The molecule has 2 aromatic rings. The van der Waals surface area contributed by atoms with Crippen LogP contribution < -0.4 is 0 Å². The summed E-state index contributed by atoms with van der Waals surface area (Å²) >= 11 is 35.7. The van der Waals surface area contributed by atoms with E-state index in [1.54, 1.807) is 0 Å². The normalized spacial score (nSPS) is 11.1. The third-order valence-electron chi connectivity index (χ3n) is 2.42. The molecule has 0 aliphatic heterocycles. The van der Waals surface area contributed by atoms with Crippen LogP contribution in [0.25, 0.3) is 10.8 Å². The highest BCUT2D eigenvalue weighted by atomic mass is 35.5. The molecule has 0 N–H and O–H groups in total. The van der Waals surface area contributed by atoms with Crippen LogP contribution in [0.5, 0.6) is 0 Å². The largest absolute Gasteiger partial charge is 0.290 e. The van der Waals surface area contributed by atoms with Crippen LogP contribution in [-0.2, 0) is 0 Å². The van der Waals surface area contributed by atoms with Crippen LogP contribution in [-0.4, -0.2) is 4.92 Å². The first-order valence-electron chi connectivity index (χ1n) is 4.55. The highest BCUT2D eigenvalue weighted by Crippen LogP contribution is 2.49. The van der Waals surface area contributed by atoms with E-state index in [-0.39, 0.29) is 40.9 Å². The minimum atomic E-state index is -0.680. The van der Waals surface area contributed by atoms with Crippen molar-refractivity contribution in [2.24, 2.45) is 0 Å². The smallest absolute Gasteiger partial charge is 0.258 e. The van der Waals surface area contributed by atoms with Gasteiger partial charge < -0.3 is 0 Å². The molecule has 0 bridgehead atoms. The molecule has 2 rings (SSSR count). The number of nitrogens with zero attached hydrogens (tertiary/aromatic N) is 1. The molecular formula is C10HCl6NO2. The summed E-state index contributed by atoms with van der Waals surface area (Å²) in [5.74, 6) is 0. The Kier molecular flexibility index (Phi) is 4.26. The summed E-state index contributed by atoms with van der Waals surface area (Å²) in [6.45, 7) is 0. The molecule has 0 aliphatic carbocycles. The lowest BCUT2D eigenvalue weighted by Crippen LogP contribution is -1.92. The number of nitro groups is 1. The first-order valence-corrected chi connectivity index (χ1v) is 6.82. The minimum Gasteiger partial charge on any atom is -0.258 e. The summed E-state index contributed by atoms with van der Waals surface area (Å²) < 4.78 is 0. The molecule has 0 spiro atoms. The fourth-order valence-electron chi connectivity index (χ4n) is 1.55. The van der Waals surface area contributed by atoms with Gasteiger partial charge in [0.1, 0.15) is 5.02 Å². The fourth-order valence-corrected chi connectivity index (χ4v) is 3.13. The van der Waals surface area contributed by atoms with E-state index in [0.717, 1.165) is 6.07 Å². The van der Waals surface area contributed by atoms with Crippen molar-refractivity contribution in [1.29, 1.82) is 0 Å². The predicted molar refractivity (Wildman–Crippen MR) is 80.7 cm³/mol. The van der Waals surface area contributed by atoms with Gasteiger partial charge in [0.05, 0.1) is 30.0 Å². The summed E-state index contributed by atoms with van der Waals surface area (Å²) in [5, 5.41) is 11.0. The van der Waals surface area contributed by atoms with Crippen molar-refractivity contribution in [3.8, 4) is 0 Å². The number of nitro benzene ring substituents is 1. The monoisotopic (exact) mass is 377 g/mol. The first-order chi connectivity index (χ1) is 8.77. The standard InChI is InChI=1S/C10HCl6NO2/c11-5-2-1-3(17(18)19)6(12)7(13)4(2)8(14)10(16)9(5)15/h1H. The van der Waals surface area contributed by atoms with Crippen LogP contribution in [0.3, 0.4) is 0 Å². The van der Waals surface area contributed by atoms with E-state index in [9.17, 15) is 10.1 Å². The zero-order chi connectivity index (χ0) is 14.5. The van der Waals surface area contributed by atoms with Crippen molar-refractivity contribution in [2.45, 2.75) is 0 Å². The molecule has 0 heterocycles. The maximum atomic E-state index is 10.9. The quantitative estimate of drug-likeness (QED) is 0.240. The number of fused-ring (bicyclic) bond motifs is 1. The van der Waals surface area contributed by atoms with Gasteiger partial charge in [0.2, 0.25) is 0 Å². The zero-order valence-corrected chi connectivity index (χ0v) is 13.1. The van der Waals surface area contributed by atoms with Crippen LogP contribution in [0.1, 0.15) is 0 Å². The number of hydrogen-bond donors (Lipinski definition) is 0. The van der Waals surface area contributed by atoms with E-state index < -0.39 is 10.6 Å². The van der Waals surface area contributed by atoms with E-state index in [2.05, 4.69) is 0 Å². The van der Waals surface area contributed by atoms with Crippen molar-refractivity contribution in [2.75, 3.05) is 0 Å². The van der Waals surface area contributed by atoms with Crippen LogP contribution >= 0.6 is 69.6 Å². The van der Waals surface area contributed by atoms with Crippen LogP contribution in [0.15, 0.2) is 6.07 Å². The topological polar surface area (TPSA) is 43.1 Å². The molecule has 0 atom stereocenters. The summed E-state index contributed by atoms with van der Waals surface area (Å²) in [5.41, 5.74) is -0.393. The van der Waals surface area contributed by atoms with Gasteiger partial charge in [-0.1, -0.05) is 69.6 Å². The molecule has 0 saturated carbocycles. The van der Waals surface area contributed by atoms with E-state index in [1.807, 2.05) is 0 Å². The van der Waals surface area contributed by atoms with Crippen molar-refractivity contribution >= 4 is 86.1 Å². The Balaban J connectivity index is 3.10. The third kappa shape index (κ3) is 2.33. The number of rotatable bonds is 1. The molecule has 100 valence electrons. The predicted octanol–water partition coefficient (Wildman–Crippen LogP) is 6.67. The molecule has 0 unspecified atom stereocenters. The molecule has 0 fully saturated rings. The Labute approximate surface area is 137 Å². The van der Waals surface area contributed by atoms with Gasteiger partial charge in [-0.3, -0.25) is 10.1 Å². The van der Waals surface area contributed by atoms with Gasteiger partial charge in [0, 0.05) is 16.8 Å². The molecule has 0 aromatic heterocycles. The number of halogens is 6. The second-order valence-electron chi connectivity index (χ2n) is 3.46. The number of benzene rings is 2. The van der Waals surface area contributed by atoms with Gasteiger partial charge in [-0.2, -0.15) is 0 Å². The highest BCUT2D eigenvalue weighted by molar-refractivity contribution is 6.57. The summed E-state index contributed by atoms with van der Waals surface area (Å²) in [4.78, 5) is 10.2. The third-order valence-corrected chi connectivity index (χ3v) is 5.09. The van der Waals surface area contributed by atoms with Gasteiger partial charge in [-0.05, 0) is 0 Å². The Bertz CT molecular complexity index is 730. The maximum absolute atomic E-state index is 10.9. The number of hydrogen-bond acceptors (Lipinski definition) is 2. The lowest BCUT2D eigenvalue weighted by molar-refractivity contribution is -0.384. The average molecular weight is 380 g/mol. The van der Waals surface area contributed by atoms with Gasteiger partial charge in [0.15, 0.2) is 0 Å². The summed E-state index contributed by atoms with van der Waals surface area (Å²) in [6.07, 6.45) is 0. The van der Waals surface area contributed by atoms with E-state index in [4.69, 9.17) is 69.6 Å². The Morgan fingerprint density at radius 2 is 1.26 bits per heavy atom. The van der Waals surface area contributed by atoms with E-state index >= 15 is 0 Å². The van der Waals surface area contributed by atoms with Gasteiger partial charge in [-0.25, -0.2) is 0 Å². The van der Waals surface area contributed by atoms with Crippen LogP contribution in [0.2, 0.25) is 30.1 Å². The summed E-state index contributed by atoms with van der Waals surface area (Å²) in [7, 11) is 0. The Morgan fingerprint density at radius 1 is 0.789 bits per heavy atom. The molecule has 2 aromatic carbocycles. The summed E-state index contributed by atoms with van der Waals surface area (Å²) in [6, 6.07) is 1.15. The first kappa shape index (κ1) is 15.2. The lowest BCUT2D eigenvalue weighted by Gasteiger charge is -2.11. The van der Waals surface area contributed by atoms with Gasteiger partial charge in [0.25, 0.3) is 5.69 Å². The zero-order valence-electron chi connectivity index (χ0n) is 8.61. The average Bonchev–Trinajstić information content (AvgIpc) is 2.36. The molecule has 9 heteroatoms. The highest BCUT2D eigenvalue weighted by Gasteiger charge is 2.24. The van der Waals surface area contributed by atoms with Crippen LogP contribution in [0, 0.1) is 10.1 Å².